The molecular formula is C19H11ClF3N3. The first-order valence-corrected chi connectivity index (χ1v) is 8.07. The molecule has 0 amide bonds. The van der Waals surface area contributed by atoms with Crippen LogP contribution in [0.3, 0.4) is 0 Å². The molecule has 0 aliphatic heterocycles. The normalized spacial score (nSPS) is 11.8. The Hall–Kier alpha value is -2.86. The van der Waals surface area contributed by atoms with E-state index in [9.17, 15) is 13.2 Å². The summed E-state index contributed by atoms with van der Waals surface area (Å²) in [6.07, 6.45) is 0.179. The van der Waals surface area contributed by atoms with Gasteiger partial charge in [-0.15, -0.1) is 0 Å². The number of hydrogen-bond acceptors (Lipinski definition) is 2. The molecule has 2 heterocycles. The van der Waals surface area contributed by atoms with Crippen molar-refractivity contribution in [2.45, 2.75) is 6.18 Å². The first-order valence-electron chi connectivity index (χ1n) is 7.69. The summed E-state index contributed by atoms with van der Waals surface area (Å²) in [6.45, 7) is 0. The van der Waals surface area contributed by atoms with Crippen LogP contribution in [0.5, 0.6) is 0 Å². The molecule has 0 spiro atoms. The van der Waals surface area contributed by atoms with Gasteiger partial charge in [-0.2, -0.15) is 18.3 Å². The Bertz CT molecular complexity index is 1100. The summed E-state index contributed by atoms with van der Waals surface area (Å²) in [5, 5.41) is 5.61. The lowest BCUT2D eigenvalue weighted by Gasteiger charge is -2.11. The highest BCUT2D eigenvalue weighted by molar-refractivity contribution is 6.31. The number of halogens is 4. The molecule has 0 atom stereocenters. The van der Waals surface area contributed by atoms with Crippen molar-refractivity contribution in [1.29, 1.82) is 0 Å². The lowest BCUT2D eigenvalue weighted by Crippen LogP contribution is -2.06. The fourth-order valence-electron chi connectivity index (χ4n) is 2.88. The summed E-state index contributed by atoms with van der Waals surface area (Å²) in [6, 6.07) is 12.5. The molecule has 0 N–H and O–H groups in total. The standard InChI is InChI=1S/C19H11ClF3N3/c20-13-5-6-15-17(9-13)24-8-7-18(15)26-11-12(10-25-26)14-3-1-2-4-16(14)19(21,22)23/h1-11H. The van der Waals surface area contributed by atoms with Crippen LogP contribution < -0.4 is 0 Å². The molecule has 130 valence electrons. The molecule has 2 aromatic heterocycles. The third kappa shape index (κ3) is 2.93. The molecular weight excluding hydrogens is 363 g/mol. The van der Waals surface area contributed by atoms with Crippen LogP contribution >= 0.6 is 11.6 Å². The molecule has 0 bridgehead atoms. The van der Waals surface area contributed by atoms with E-state index in [0.29, 0.717) is 21.8 Å². The second kappa shape index (κ2) is 6.14. The zero-order chi connectivity index (χ0) is 18.3. The van der Waals surface area contributed by atoms with Gasteiger partial charge in [-0.3, -0.25) is 4.98 Å². The van der Waals surface area contributed by atoms with Crippen molar-refractivity contribution in [3.63, 3.8) is 0 Å². The molecule has 3 nitrogen and oxygen atoms in total. The molecule has 0 fully saturated rings. The minimum absolute atomic E-state index is 0.0904. The topological polar surface area (TPSA) is 30.7 Å². The van der Waals surface area contributed by atoms with Crippen LogP contribution in [0.4, 0.5) is 13.2 Å². The summed E-state index contributed by atoms with van der Waals surface area (Å²) in [5.41, 5.74) is 1.18. The Labute approximate surface area is 151 Å². The Kier molecular flexibility index (Phi) is 3.92. The number of alkyl halides is 3. The van der Waals surface area contributed by atoms with Crippen molar-refractivity contribution in [1.82, 2.24) is 14.8 Å². The first kappa shape index (κ1) is 16.6. The van der Waals surface area contributed by atoms with Gasteiger partial charge in [0.1, 0.15) is 0 Å². The van der Waals surface area contributed by atoms with E-state index in [2.05, 4.69) is 10.1 Å². The van der Waals surface area contributed by atoms with E-state index in [4.69, 9.17) is 11.6 Å². The van der Waals surface area contributed by atoms with E-state index in [0.717, 1.165) is 11.5 Å². The Balaban J connectivity index is 1.84. The van der Waals surface area contributed by atoms with Gasteiger partial charge in [0.2, 0.25) is 0 Å². The van der Waals surface area contributed by atoms with Crippen molar-refractivity contribution in [2.24, 2.45) is 0 Å². The summed E-state index contributed by atoms with van der Waals surface area (Å²) >= 11 is 5.99. The zero-order valence-corrected chi connectivity index (χ0v) is 14.0. The van der Waals surface area contributed by atoms with E-state index in [1.165, 1.54) is 18.3 Å². The van der Waals surface area contributed by atoms with E-state index >= 15 is 0 Å². The molecule has 2 aromatic carbocycles. The smallest absolute Gasteiger partial charge is 0.256 e. The number of nitrogens with zero attached hydrogens (tertiary/aromatic N) is 3. The predicted molar refractivity (Wildman–Crippen MR) is 94.3 cm³/mol. The molecule has 0 radical (unpaired) electrons. The second-order valence-corrected chi connectivity index (χ2v) is 6.14. The molecule has 0 unspecified atom stereocenters. The molecule has 4 rings (SSSR count). The number of aromatic nitrogens is 3. The highest BCUT2D eigenvalue weighted by atomic mass is 35.5. The maximum atomic E-state index is 13.3. The highest BCUT2D eigenvalue weighted by Crippen LogP contribution is 2.37. The summed E-state index contributed by atoms with van der Waals surface area (Å²) in [5.74, 6) is 0. The fourth-order valence-corrected chi connectivity index (χ4v) is 3.05. The Morgan fingerprint density at radius 3 is 2.62 bits per heavy atom. The van der Waals surface area contributed by atoms with E-state index in [1.807, 2.05) is 6.07 Å². The van der Waals surface area contributed by atoms with Crippen LogP contribution in [0.2, 0.25) is 5.02 Å². The van der Waals surface area contributed by atoms with Gasteiger partial charge in [-0.05, 0) is 35.9 Å². The molecule has 26 heavy (non-hydrogen) atoms. The fraction of sp³-hybridized carbons (Fsp3) is 0.0526. The monoisotopic (exact) mass is 373 g/mol. The Morgan fingerprint density at radius 2 is 1.81 bits per heavy atom. The van der Waals surface area contributed by atoms with Crippen LogP contribution in [-0.2, 0) is 6.18 Å². The first-order chi connectivity index (χ1) is 12.4. The van der Waals surface area contributed by atoms with Gasteiger partial charge in [-0.1, -0.05) is 29.8 Å². The number of rotatable bonds is 2. The largest absolute Gasteiger partial charge is 0.417 e. The van der Waals surface area contributed by atoms with Crippen LogP contribution in [0.1, 0.15) is 5.56 Å². The van der Waals surface area contributed by atoms with Crippen molar-refractivity contribution in [2.75, 3.05) is 0 Å². The maximum Gasteiger partial charge on any atom is 0.417 e. The quantitative estimate of drug-likeness (QED) is 0.447. The van der Waals surface area contributed by atoms with Gasteiger partial charge in [0.05, 0.1) is 23.0 Å². The maximum absolute atomic E-state index is 13.3. The number of pyridine rings is 1. The number of fused-ring (bicyclic) bond motifs is 1. The van der Waals surface area contributed by atoms with Gasteiger partial charge in [0, 0.05) is 28.4 Å². The van der Waals surface area contributed by atoms with Crippen molar-refractivity contribution < 1.29 is 13.2 Å². The van der Waals surface area contributed by atoms with Crippen LogP contribution in [0.25, 0.3) is 27.7 Å². The molecule has 0 aliphatic carbocycles. The van der Waals surface area contributed by atoms with Gasteiger partial charge in [-0.25, -0.2) is 4.68 Å². The summed E-state index contributed by atoms with van der Waals surface area (Å²) in [4.78, 5) is 4.27. The second-order valence-electron chi connectivity index (χ2n) is 5.71. The average molecular weight is 374 g/mol. The van der Waals surface area contributed by atoms with Crippen molar-refractivity contribution in [3.8, 4) is 16.8 Å². The molecule has 0 saturated carbocycles. The van der Waals surface area contributed by atoms with Gasteiger partial charge < -0.3 is 0 Å². The van der Waals surface area contributed by atoms with Crippen LogP contribution in [0, 0.1) is 0 Å². The van der Waals surface area contributed by atoms with Gasteiger partial charge >= 0.3 is 6.18 Å². The molecule has 7 heteroatoms. The summed E-state index contributed by atoms with van der Waals surface area (Å²) in [7, 11) is 0. The van der Waals surface area contributed by atoms with Crippen molar-refractivity contribution in [3.05, 3.63) is 77.7 Å². The predicted octanol–water partition coefficient (Wildman–Crippen LogP) is 5.76. The summed E-state index contributed by atoms with van der Waals surface area (Å²) < 4.78 is 41.3. The van der Waals surface area contributed by atoms with Gasteiger partial charge in [0.25, 0.3) is 0 Å². The van der Waals surface area contributed by atoms with E-state index in [1.54, 1.807) is 41.3 Å². The number of benzene rings is 2. The van der Waals surface area contributed by atoms with Crippen LogP contribution in [0.15, 0.2) is 67.1 Å². The highest BCUT2D eigenvalue weighted by Gasteiger charge is 2.33. The minimum Gasteiger partial charge on any atom is -0.256 e. The average Bonchev–Trinajstić information content (AvgIpc) is 3.10. The van der Waals surface area contributed by atoms with E-state index in [-0.39, 0.29) is 5.56 Å². The lowest BCUT2D eigenvalue weighted by atomic mass is 10.0. The van der Waals surface area contributed by atoms with Gasteiger partial charge in [0.15, 0.2) is 0 Å². The molecule has 4 aromatic rings. The van der Waals surface area contributed by atoms with Crippen molar-refractivity contribution >= 4 is 22.5 Å². The number of hydrogen-bond donors (Lipinski definition) is 0. The third-order valence-electron chi connectivity index (χ3n) is 4.05. The lowest BCUT2D eigenvalue weighted by molar-refractivity contribution is -0.137. The van der Waals surface area contributed by atoms with E-state index < -0.39 is 11.7 Å². The minimum atomic E-state index is -4.43. The SMILES string of the molecule is FC(F)(F)c1ccccc1-c1cnn(-c2ccnc3cc(Cl)ccc23)c1. The molecule has 0 saturated heterocycles. The third-order valence-corrected chi connectivity index (χ3v) is 4.29. The Morgan fingerprint density at radius 1 is 1.00 bits per heavy atom. The zero-order valence-electron chi connectivity index (χ0n) is 13.2. The van der Waals surface area contributed by atoms with Crippen LogP contribution in [-0.4, -0.2) is 14.8 Å². The molecule has 0 aliphatic rings.